The predicted molar refractivity (Wildman–Crippen MR) is 100.0 cm³/mol. The number of aromatic nitrogens is 2. The summed E-state index contributed by atoms with van der Waals surface area (Å²) in [6.07, 6.45) is 4.50. The molecule has 2 heterocycles. The van der Waals surface area contributed by atoms with Gasteiger partial charge in [0.2, 0.25) is 0 Å². The number of guanidine groups is 1. The fraction of sp³-hybridized carbons (Fsp3) is 0.375. The van der Waals surface area contributed by atoms with E-state index < -0.39 is 0 Å². The number of aliphatic imine (C=N–C) groups is 1. The van der Waals surface area contributed by atoms with Gasteiger partial charge in [-0.3, -0.25) is 4.99 Å². The van der Waals surface area contributed by atoms with Crippen molar-refractivity contribution in [3.8, 4) is 5.69 Å². The molecular weight excluding hydrogens is 389 g/mol. The van der Waals surface area contributed by atoms with Crippen molar-refractivity contribution in [1.82, 2.24) is 20.0 Å². The van der Waals surface area contributed by atoms with Gasteiger partial charge < -0.3 is 10.2 Å². The highest BCUT2D eigenvalue weighted by Gasteiger charge is 2.15. The van der Waals surface area contributed by atoms with Crippen LogP contribution in [0.1, 0.15) is 18.5 Å². The first-order valence-electron chi connectivity index (χ1n) is 7.42. The molecule has 22 heavy (non-hydrogen) atoms. The predicted octanol–water partition coefficient (Wildman–Crippen LogP) is 2.66. The molecule has 0 atom stereocenters. The number of halogens is 1. The van der Waals surface area contributed by atoms with Crippen LogP contribution in [0, 0.1) is 0 Å². The van der Waals surface area contributed by atoms with Crippen molar-refractivity contribution in [3.63, 3.8) is 0 Å². The molecule has 1 fully saturated rings. The molecule has 0 bridgehead atoms. The number of hydrogen-bond acceptors (Lipinski definition) is 2. The second kappa shape index (κ2) is 8.17. The largest absolute Gasteiger partial charge is 0.351 e. The lowest BCUT2D eigenvalue weighted by molar-refractivity contribution is 0.492. The van der Waals surface area contributed by atoms with E-state index in [9.17, 15) is 0 Å². The minimum atomic E-state index is 0. The normalized spacial score (nSPS) is 14.8. The van der Waals surface area contributed by atoms with E-state index in [1.165, 1.54) is 12.8 Å². The van der Waals surface area contributed by atoms with Gasteiger partial charge in [-0.15, -0.1) is 24.0 Å². The summed E-state index contributed by atoms with van der Waals surface area (Å²) in [7, 11) is 1.84. The van der Waals surface area contributed by atoms with Crippen LogP contribution in [-0.4, -0.2) is 40.8 Å². The summed E-state index contributed by atoms with van der Waals surface area (Å²) >= 11 is 0. The Balaban J connectivity index is 0.00000176. The van der Waals surface area contributed by atoms with Gasteiger partial charge in [0.15, 0.2) is 5.96 Å². The fourth-order valence-corrected chi connectivity index (χ4v) is 2.61. The molecule has 0 radical (unpaired) electrons. The van der Waals surface area contributed by atoms with Crippen LogP contribution in [0.4, 0.5) is 0 Å². The van der Waals surface area contributed by atoms with Crippen LogP contribution in [0.3, 0.4) is 0 Å². The van der Waals surface area contributed by atoms with Crippen LogP contribution < -0.4 is 5.32 Å². The average molecular weight is 411 g/mol. The molecule has 1 aromatic carbocycles. The van der Waals surface area contributed by atoms with Gasteiger partial charge >= 0.3 is 0 Å². The molecule has 0 aliphatic carbocycles. The molecule has 5 nitrogen and oxygen atoms in total. The number of nitrogens with one attached hydrogen (secondary N) is 1. The van der Waals surface area contributed by atoms with E-state index in [-0.39, 0.29) is 24.0 Å². The van der Waals surface area contributed by atoms with E-state index in [0.717, 1.165) is 30.4 Å². The average Bonchev–Trinajstić information content (AvgIpc) is 3.20. The van der Waals surface area contributed by atoms with Crippen molar-refractivity contribution in [2.75, 3.05) is 20.1 Å². The van der Waals surface area contributed by atoms with E-state index in [2.05, 4.69) is 20.3 Å². The Kier molecular flexibility index (Phi) is 6.23. The summed E-state index contributed by atoms with van der Waals surface area (Å²) < 4.78 is 1.90. The first-order valence-corrected chi connectivity index (χ1v) is 7.42. The summed E-state index contributed by atoms with van der Waals surface area (Å²) in [6.45, 7) is 2.89. The van der Waals surface area contributed by atoms with Crippen LogP contribution in [0.15, 0.2) is 47.6 Å². The molecule has 6 heteroatoms. The smallest absolute Gasteiger partial charge is 0.193 e. The van der Waals surface area contributed by atoms with E-state index >= 15 is 0 Å². The lowest BCUT2D eigenvalue weighted by Crippen LogP contribution is -2.39. The van der Waals surface area contributed by atoms with Gasteiger partial charge in [0, 0.05) is 26.3 Å². The molecular formula is C16H22IN5. The second-order valence-electron chi connectivity index (χ2n) is 5.18. The van der Waals surface area contributed by atoms with Gasteiger partial charge in [0.1, 0.15) is 0 Å². The topological polar surface area (TPSA) is 45.5 Å². The van der Waals surface area contributed by atoms with E-state index in [0.29, 0.717) is 6.54 Å². The quantitative estimate of drug-likeness (QED) is 0.480. The Morgan fingerprint density at radius 3 is 2.59 bits per heavy atom. The SMILES string of the molecule is CN=C(NCc1ccn(-c2ccccc2)n1)N1CCCC1.I. The third-order valence-electron chi connectivity index (χ3n) is 3.71. The Hall–Kier alpha value is -1.57. The molecule has 1 N–H and O–H groups in total. The van der Waals surface area contributed by atoms with Gasteiger partial charge in [0.05, 0.1) is 17.9 Å². The van der Waals surface area contributed by atoms with Crippen molar-refractivity contribution < 1.29 is 0 Å². The standard InChI is InChI=1S/C16H21N5.HI/c1-17-16(20-10-5-6-11-20)18-13-14-9-12-21(19-14)15-7-3-2-4-8-15;/h2-4,7-9,12H,5-6,10-11,13H2,1H3,(H,17,18);1H. The zero-order valence-electron chi connectivity index (χ0n) is 12.8. The second-order valence-corrected chi connectivity index (χ2v) is 5.18. The van der Waals surface area contributed by atoms with Crippen LogP contribution in [0.5, 0.6) is 0 Å². The zero-order chi connectivity index (χ0) is 14.5. The summed E-state index contributed by atoms with van der Waals surface area (Å²) in [4.78, 5) is 6.65. The van der Waals surface area contributed by atoms with E-state index in [1.54, 1.807) is 0 Å². The number of hydrogen-bond donors (Lipinski definition) is 1. The highest BCUT2D eigenvalue weighted by molar-refractivity contribution is 14.0. The Morgan fingerprint density at radius 1 is 1.18 bits per heavy atom. The van der Waals surface area contributed by atoms with Crippen molar-refractivity contribution in [3.05, 3.63) is 48.3 Å². The zero-order valence-corrected chi connectivity index (χ0v) is 15.1. The van der Waals surface area contributed by atoms with Crippen molar-refractivity contribution in [2.45, 2.75) is 19.4 Å². The summed E-state index contributed by atoms with van der Waals surface area (Å²) in [5, 5.41) is 7.99. The van der Waals surface area contributed by atoms with Crippen LogP contribution in [0.2, 0.25) is 0 Å². The van der Waals surface area contributed by atoms with E-state index in [4.69, 9.17) is 0 Å². The minimum absolute atomic E-state index is 0. The first kappa shape index (κ1) is 16.8. The maximum Gasteiger partial charge on any atom is 0.193 e. The molecule has 2 aromatic rings. The maximum absolute atomic E-state index is 4.59. The maximum atomic E-state index is 4.59. The highest BCUT2D eigenvalue weighted by atomic mass is 127. The summed E-state index contributed by atoms with van der Waals surface area (Å²) in [5.74, 6) is 0.974. The lowest BCUT2D eigenvalue weighted by Gasteiger charge is -2.20. The van der Waals surface area contributed by atoms with Gasteiger partial charge in [-0.2, -0.15) is 5.10 Å². The van der Waals surface area contributed by atoms with Crippen molar-refractivity contribution in [2.24, 2.45) is 4.99 Å². The number of para-hydroxylation sites is 1. The molecule has 118 valence electrons. The van der Waals surface area contributed by atoms with Crippen LogP contribution in [0.25, 0.3) is 5.69 Å². The summed E-state index contributed by atoms with van der Waals surface area (Å²) in [5.41, 5.74) is 2.09. The minimum Gasteiger partial charge on any atom is -0.351 e. The fourth-order valence-electron chi connectivity index (χ4n) is 2.61. The van der Waals surface area contributed by atoms with Crippen molar-refractivity contribution in [1.29, 1.82) is 0 Å². The molecule has 1 aliphatic heterocycles. The molecule has 0 unspecified atom stereocenters. The molecule has 0 amide bonds. The van der Waals surface area contributed by atoms with Crippen LogP contribution in [-0.2, 0) is 6.54 Å². The van der Waals surface area contributed by atoms with Crippen LogP contribution >= 0.6 is 24.0 Å². The van der Waals surface area contributed by atoms with Gasteiger partial charge in [-0.25, -0.2) is 4.68 Å². The highest BCUT2D eigenvalue weighted by Crippen LogP contribution is 2.09. The Bertz CT molecular complexity index is 602. The Morgan fingerprint density at radius 2 is 1.91 bits per heavy atom. The van der Waals surface area contributed by atoms with Gasteiger partial charge in [-0.1, -0.05) is 18.2 Å². The number of likely N-dealkylation sites (tertiary alicyclic amines) is 1. The third-order valence-corrected chi connectivity index (χ3v) is 3.71. The number of benzene rings is 1. The van der Waals surface area contributed by atoms with Gasteiger partial charge in [0.25, 0.3) is 0 Å². The molecule has 3 rings (SSSR count). The molecule has 0 spiro atoms. The van der Waals surface area contributed by atoms with Crippen molar-refractivity contribution >= 4 is 29.9 Å². The molecule has 1 aromatic heterocycles. The lowest BCUT2D eigenvalue weighted by atomic mass is 10.3. The molecule has 1 aliphatic rings. The summed E-state index contributed by atoms with van der Waals surface area (Å²) in [6, 6.07) is 12.2. The monoisotopic (exact) mass is 411 g/mol. The van der Waals surface area contributed by atoms with Gasteiger partial charge in [-0.05, 0) is 31.0 Å². The molecule has 0 saturated carbocycles. The first-order chi connectivity index (χ1) is 10.4. The number of nitrogens with zero attached hydrogens (tertiary/aromatic N) is 4. The third kappa shape index (κ3) is 4.00. The Labute approximate surface area is 148 Å². The molecule has 1 saturated heterocycles. The van der Waals surface area contributed by atoms with E-state index in [1.807, 2.05) is 54.3 Å². The number of rotatable bonds is 3.